The molecule has 3 aliphatic carbocycles. The first-order valence-electron chi connectivity index (χ1n) is 13.2. The Hall–Kier alpha value is -1.89. The summed E-state index contributed by atoms with van der Waals surface area (Å²) in [4.78, 5) is 17.0. The summed E-state index contributed by atoms with van der Waals surface area (Å²) in [5.41, 5.74) is 0.648. The third kappa shape index (κ3) is 2.59. The van der Waals surface area contributed by atoms with E-state index in [4.69, 9.17) is 4.74 Å². The zero-order valence-corrected chi connectivity index (χ0v) is 21.5. The molecule has 3 fully saturated rings. The third-order valence-electron chi connectivity index (χ3n) is 11.5. The minimum absolute atomic E-state index is 0.00603. The van der Waals surface area contributed by atoms with Crippen LogP contribution in [-0.2, 0) is 21.4 Å². The van der Waals surface area contributed by atoms with Crippen molar-refractivity contribution in [3.8, 4) is 0 Å². The van der Waals surface area contributed by atoms with Gasteiger partial charge in [-0.1, -0.05) is 39.0 Å². The van der Waals surface area contributed by atoms with E-state index < -0.39 is 35.3 Å². The highest BCUT2D eigenvalue weighted by molar-refractivity contribution is 5.86. The van der Waals surface area contributed by atoms with Crippen LogP contribution in [0.3, 0.4) is 0 Å². The molecule has 0 amide bonds. The van der Waals surface area contributed by atoms with Crippen molar-refractivity contribution in [2.75, 3.05) is 0 Å². The second-order valence-corrected chi connectivity index (χ2v) is 13.2. The molecule has 0 bridgehead atoms. The first kappa shape index (κ1) is 23.5. The summed E-state index contributed by atoms with van der Waals surface area (Å²) in [6.07, 6.45) is 1.87. The lowest BCUT2D eigenvalue weighted by molar-refractivity contribution is -0.287. The van der Waals surface area contributed by atoms with E-state index in [1.807, 2.05) is 0 Å². The van der Waals surface area contributed by atoms with Gasteiger partial charge in [-0.15, -0.1) is 0 Å². The average molecular weight is 482 g/mol. The quantitative estimate of drug-likeness (QED) is 0.504. The van der Waals surface area contributed by atoms with Crippen LogP contribution in [0, 0.1) is 22.2 Å². The fourth-order valence-electron chi connectivity index (χ4n) is 9.37. The van der Waals surface area contributed by atoms with Gasteiger partial charge in [0.15, 0.2) is 0 Å². The number of para-hydroxylation sites is 1. The normalized spacial score (nSPS) is 44.9. The van der Waals surface area contributed by atoms with Crippen molar-refractivity contribution in [2.24, 2.45) is 22.2 Å². The van der Waals surface area contributed by atoms with Gasteiger partial charge in [-0.05, 0) is 74.3 Å². The second kappa shape index (κ2) is 6.90. The summed E-state index contributed by atoms with van der Waals surface area (Å²) in [6, 6.07) is 8.47. The molecule has 2 aromatic rings. The van der Waals surface area contributed by atoms with E-state index in [1.54, 1.807) is 13.8 Å². The maximum Gasteiger partial charge on any atom is 0.315 e. The zero-order valence-electron chi connectivity index (χ0n) is 21.5. The molecular weight excluding hydrogens is 442 g/mol. The number of H-pyrrole nitrogens is 1. The number of hydrogen-bond acceptors (Lipinski definition) is 4. The van der Waals surface area contributed by atoms with Crippen molar-refractivity contribution in [1.82, 2.24) is 4.98 Å². The largest absolute Gasteiger partial charge is 0.481 e. The minimum Gasteiger partial charge on any atom is -0.481 e. The fourth-order valence-corrected chi connectivity index (χ4v) is 9.37. The lowest BCUT2D eigenvalue weighted by atomic mass is 9.36. The summed E-state index contributed by atoms with van der Waals surface area (Å²) in [5.74, 6) is -1.19. The number of aliphatic hydroxyl groups excluding tert-OH is 1. The topological polar surface area (TPSA) is 103 Å². The molecule has 1 aromatic heterocycles. The van der Waals surface area contributed by atoms with E-state index in [0.29, 0.717) is 6.42 Å². The van der Waals surface area contributed by atoms with Crippen LogP contribution in [0.1, 0.15) is 78.0 Å². The number of rotatable bonds is 2. The van der Waals surface area contributed by atoms with Crippen molar-refractivity contribution in [3.63, 3.8) is 0 Å². The molecule has 35 heavy (non-hydrogen) atoms. The van der Waals surface area contributed by atoms with Gasteiger partial charge < -0.3 is 25.0 Å². The predicted molar refractivity (Wildman–Crippen MR) is 133 cm³/mol. The number of hydrogen-bond donors (Lipinski definition) is 4. The lowest BCUT2D eigenvalue weighted by Crippen LogP contribution is -2.73. The van der Waals surface area contributed by atoms with E-state index in [9.17, 15) is 20.1 Å². The molecular formula is C29H39NO5. The summed E-state index contributed by atoms with van der Waals surface area (Å²) < 4.78 is 6.37. The van der Waals surface area contributed by atoms with E-state index in [0.717, 1.165) is 31.2 Å². The van der Waals surface area contributed by atoms with Gasteiger partial charge in [-0.2, -0.15) is 0 Å². The number of aliphatic carboxylic acids is 1. The molecule has 8 atom stereocenters. The van der Waals surface area contributed by atoms with E-state index in [-0.39, 0.29) is 28.6 Å². The molecule has 6 nitrogen and oxygen atoms in total. The van der Waals surface area contributed by atoms with Crippen molar-refractivity contribution in [3.05, 3.63) is 35.5 Å². The lowest BCUT2D eigenvalue weighted by Gasteiger charge is -2.69. The maximum absolute atomic E-state index is 13.2. The van der Waals surface area contributed by atoms with Crippen LogP contribution in [0.5, 0.6) is 0 Å². The number of aliphatic hydroxyl groups is 2. The van der Waals surface area contributed by atoms with Crippen LogP contribution < -0.4 is 0 Å². The zero-order chi connectivity index (χ0) is 25.2. The Labute approximate surface area is 207 Å². The number of carbonyl (C=O) groups is 1. The van der Waals surface area contributed by atoms with Crippen molar-refractivity contribution >= 4 is 16.9 Å². The summed E-state index contributed by atoms with van der Waals surface area (Å²) in [5, 5.41) is 34.4. The number of aromatic amines is 1. The molecule has 6 heteroatoms. The maximum atomic E-state index is 13.2. The van der Waals surface area contributed by atoms with Crippen LogP contribution in [0.4, 0.5) is 0 Å². The predicted octanol–water partition coefficient (Wildman–Crippen LogP) is 4.56. The first-order valence-corrected chi connectivity index (χ1v) is 13.2. The van der Waals surface area contributed by atoms with Gasteiger partial charge in [0.2, 0.25) is 0 Å². The molecule has 4 aliphatic rings. The molecule has 2 saturated carbocycles. The smallest absolute Gasteiger partial charge is 0.315 e. The second-order valence-electron chi connectivity index (χ2n) is 13.2. The number of carboxylic acids is 1. The van der Waals surface area contributed by atoms with Gasteiger partial charge in [-0.25, -0.2) is 0 Å². The third-order valence-corrected chi connectivity index (χ3v) is 11.5. The molecule has 1 aliphatic heterocycles. The molecule has 6 rings (SSSR count). The molecule has 2 heterocycles. The SMILES string of the molecule is CC(C)(O)[C@@H]1CC(O)C2(C(=O)O)C(CC[C@@]3(C)[C@H]2CC[C@@]2(C)Cc4c([nH]c5ccccc45)[C@@]23C)O1. The van der Waals surface area contributed by atoms with Gasteiger partial charge in [0.25, 0.3) is 0 Å². The Morgan fingerprint density at radius 1 is 1.14 bits per heavy atom. The highest BCUT2D eigenvalue weighted by Crippen LogP contribution is 2.74. The Bertz CT molecular complexity index is 1210. The van der Waals surface area contributed by atoms with Gasteiger partial charge in [0.05, 0.1) is 23.9 Å². The minimum atomic E-state index is -1.38. The van der Waals surface area contributed by atoms with Crippen LogP contribution >= 0.6 is 0 Å². The number of ether oxygens (including phenoxy) is 1. The van der Waals surface area contributed by atoms with E-state index in [1.165, 1.54) is 16.6 Å². The van der Waals surface area contributed by atoms with Crippen LogP contribution in [-0.4, -0.2) is 50.2 Å². The van der Waals surface area contributed by atoms with Crippen molar-refractivity contribution in [2.45, 2.75) is 102 Å². The summed E-state index contributed by atoms with van der Waals surface area (Å²) >= 11 is 0. The number of fused-ring (bicyclic) bond motifs is 9. The van der Waals surface area contributed by atoms with Crippen LogP contribution in [0.25, 0.3) is 10.9 Å². The Kier molecular flexibility index (Phi) is 4.63. The summed E-state index contributed by atoms with van der Waals surface area (Å²) in [7, 11) is 0. The van der Waals surface area contributed by atoms with E-state index in [2.05, 4.69) is 50.0 Å². The fraction of sp³-hybridized carbons (Fsp3) is 0.690. The first-order chi connectivity index (χ1) is 16.3. The van der Waals surface area contributed by atoms with Crippen molar-refractivity contribution in [1.29, 1.82) is 0 Å². The highest BCUT2D eigenvalue weighted by atomic mass is 16.5. The number of carboxylic acid groups (broad SMARTS) is 1. The highest BCUT2D eigenvalue weighted by Gasteiger charge is 2.75. The van der Waals surface area contributed by atoms with Gasteiger partial charge >= 0.3 is 5.97 Å². The number of nitrogens with one attached hydrogen (secondary N) is 1. The van der Waals surface area contributed by atoms with Gasteiger partial charge in [0, 0.05) is 28.4 Å². The van der Waals surface area contributed by atoms with Crippen molar-refractivity contribution < 1.29 is 24.9 Å². The molecule has 4 N–H and O–H groups in total. The molecule has 3 unspecified atom stereocenters. The standard InChI is InChI=1S/C29H39NO5/c1-25(2,34)22-14-20(31)29(24(32)33)19-10-12-26(3)15-17-16-8-6-7-9-18(16)30-23(17)28(26,5)27(19,4)13-11-21(29)35-22/h6-9,19-22,30-31,34H,10-15H2,1-5H3,(H,32,33)/t19-,20?,21?,22+,26+,27+,28+,29?/m1/s1. The molecule has 0 radical (unpaired) electrons. The molecule has 1 saturated heterocycles. The van der Waals surface area contributed by atoms with Gasteiger partial charge in [0.1, 0.15) is 5.41 Å². The Morgan fingerprint density at radius 3 is 2.54 bits per heavy atom. The molecule has 190 valence electrons. The monoisotopic (exact) mass is 481 g/mol. The summed E-state index contributed by atoms with van der Waals surface area (Å²) in [6.45, 7) is 10.4. The average Bonchev–Trinajstić information content (AvgIpc) is 3.25. The van der Waals surface area contributed by atoms with Gasteiger partial charge in [-0.3, -0.25) is 4.79 Å². The number of aromatic nitrogens is 1. The van der Waals surface area contributed by atoms with E-state index >= 15 is 0 Å². The molecule has 1 aromatic carbocycles. The van der Waals surface area contributed by atoms with Crippen LogP contribution in [0.15, 0.2) is 24.3 Å². The number of benzene rings is 1. The van der Waals surface area contributed by atoms with Crippen LogP contribution in [0.2, 0.25) is 0 Å². The molecule has 0 spiro atoms. The Balaban J connectivity index is 1.52. The Morgan fingerprint density at radius 2 is 1.86 bits per heavy atom.